The van der Waals surface area contributed by atoms with Crippen molar-refractivity contribution in [3.63, 3.8) is 0 Å². The van der Waals surface area contributed by atoms with E-state index in [0.29, 0.717) is 6.04 Å². The van der Waals surface area contributed by atoms with Gasteiger partial charge in [0.2, 0.25) is 0 Å². The maximum absolute atomic E-state index is 3.53. The van der Waals surface area contributed by atoms with E-state index in [9.17, 15) is 0 Å². The van der Waals surface area contributed by atoms with Gasteiger partial charge < -0.3 is 10.2 Å². The third-order valence-corrected chi connectivity index (χ3v) is 4.34. The van der Waals surface area contributed by atoms with Crippen LogP contribution in [0.25, 0.3) is 0 Å². The van der Waals surface area contributed by atoms with Gasteiger partial charge >= 0.3 is 0 Å². The van der Waals surface area contributed by atoms with E-state index < -0.39 is 0 Å². The van der Waals surface area contributed by atoms with Crippen LogP contribution in [0.5, 0.6) is 0 Å². The van der Waals surface area contributed by atoms with Gasteiger partial charge in [-0.25, -0.2) is 0 Å². The Bertz CT molecular complexity index is 224. The summed E-state index contributed by atoms with van der Waals surface area (Å²) in [5.74, 6) is 0.890. The lowest BCUT2D eigenvalue weighted by molar-refractivity contribution is 0.0497. The second-order valence-corrected chi connectivity index (χ2v) is 6.15. The van der Waals surface area contributed by atoms with Gasteiger partial charge in [0.05, 0.1) is 0 Å². The van der Waals surface area contributed by atoms with Gasteiger partial charge in [-0.3, -0.25) is 4.90 Å². The summed E-state index contributed by atoms with van der Waals surface area (Å²) in [5, 5.41) is 3.53. The Hall–Kier alpha value is -0.120. The van der Waals surface area contributed by atoms with Gasteiger partial charge in [-0.2, -0.15) is 0 Å². The van der Waals surface area contributed by atoms with Gasteiger partial charge in [0, 0.05) is 38.3 Å². The largest absolute Gasteiger partial charge is 0.316 e. The molecule has 2 saturated heterocycles. The van der Waals surface area contributed by atoms with Crippen LogP contribution in [0.15, 0.2) is 0 Å². The topological polar surface area (TPSA) is 18.5 Å². The van der Waals surface area contributed by atoms with Crippen molar-refractivity contribution in [2.45, 2.75) is 45.7 Å². The molecule has 1 N–H and O–H groups in total. The van der Waals surface area contributed by atoms with E-state index in [4.69, 9.17) is 0 Å². The molecule has 2 fully saturated rings. The van der Waals surface area contributed by atoms with Crippen molar-refractivity contribution in [3.8, 4) is 0 Å². The molecule has 0 spiro atoms. The number of nitrogens with zero attached hydrogens (tertiary/aromatic N) is 2. The fraction of sp³-hybridized carbons (Fsp3) is 1.00. The van der Waals surface area contributed by atoms with Crippen LogP contribution < -0.4 is 5.32 Å². The molecular formula is C14H29N3. The van der Waals surface area contributed by atoms with Gasteiger partial charge in [-0.15, -0.1) is 0 Å². The molecule has 2 aliphatic rings. The Kier molecular flexibility index (Phi) is 4.83. The Balaban J connectivity index is 1.76. The van der Waals surface area contributed by atoms with Crippen molar-refractivity contribution >= 4 is 0 Å². The Morgan fingerprint density at radius 3 is 2.71 bits per heavy atom. The molecule has 0 aromatic carbocycles. The molecule has 2 heterocycles. The highest BCUT2D eigenvalue weighted by Crippen LogP contribution is 2.17. The summed E-state index contributed by atoms with van der Waals surface area (Å²) in [4.78, 5) is 5.32. The molecule has 17 heavy (non-hydrogen) atoms. The molecule has 0 radical (unpaired) electrons. The number of rotatable bonds is 3. The van der Waals surface area contributed by atoms with Crippen LogP contribution in [0, 0.1) is 5.92 Å². The lowest BCUT2D eigenvalue weighted by atomic mass is 9.98. The van der Waals surface area contributed by atoms with Crippen LogP contribution >= 0.6 is 0 Å². The number of piperazine rings is 1. The molecular weight excluding hydrogens is 210 g/mol. The molecule has 0 aromatic rings. The monoisotopic (exact) mass is 239 g/mol. The number of nitrogens with one attached hydrogen (secondary N) is 1. The van der Waals surface area contributed by atoms with Gasteiger partial charge in [0.25, 0.3) is 0 Å². The number of hydrogen-bond acceptors (Lipinski definition) is 3. The minimum Gasteiger partial charge on any atom is -0.316 e. The first-order valence-corrected chi connectivity index (χ1v) is 7.35. The predicted molar refractivity (Wildman–Crippen MR) is 73.3 cm³/mol. The first-order valence-electron chi connectivity index (χ1n) is 7.35. The molecule has 0 saturated carbocycles. The summed E-state index contributed by atoms with van der Waals surface area (Å²) in [6.07, 6.45) is 2.79. The highest BCUT2D eigenvalue weighted by molar-refractivity contribution is 4.83. The van der Waals surface area contributed by atoms with Gasteiger partial charge in [-0.1, -0.05) is 0 Å². The van der Waals surface area contributed by atoms with E-state index in [1.807, 2.05) is 0 Å². The molecule has 2 rings (SSSR count). The Labute approximate surface area is 107 Å². The lowest BCUT2D eigenvalue weighted by Gasteiger charge is -2.43. The van der Waals surface area contributed by atoms with Crippen molar-refractivity contribution in [3.05, 3.63) is 0 Å². The molecule has 3 heteroatoms. The third-order valence-electron chi connectivity index (χ3n) is 4.34. The maximum Gasteiger partial charge on any atom is 0.0198 e. The highest BCUT2D eigenvalue weighted by Gasteiger charge is 2.26. The molecule has 0 bridgehead atoms. The van der Waals surface area contributed by atoms with E-state index in [0.717, 1.165) is 12.0 Å². The summed E-state index contributed by atoms with van der Waals surface area (Å²) in [6.45, 7) is 14.6. The van der Waals surface area contributed by atoms with Crippen molar-refractivity contribution in [1.82, 2.24) is 15.1 Å². The van der Waals surface area contributed by atoms with Crippen LogP contribution in [0.1, 0.15) is 33.6 Å². The van der Waals surface area contributed by atoms with E-state index in [1.165, 1.54) is 52.1 Å². The fourth-order valence-corrected chi connectivity index (χ4v) is 3.43. The standard InChI is InChI=1S/C14H29N3/c1-12(2)17-8-7-16(10-13(17)3)11-14-5-4-6-15-9-14/h12-15H,4-11H2,1-3H3. The average Bonchev–Trinajstić information content (AvgIpc) is 2.30. The fourth-order valence-electron chi connectivity index (χ4n) is 3.43. The second-order valence-electron chi connectivity index (χ2n) is 6.15. The van der Waals surface area contributed by atoms with E-state index in [1.54, 1.807) is 0 Å². The molecule has 2 unspecified atom stereocenters. The summed E-state index contributed by atoms with van der Waals surface area (Å²) in [7, 11) is 0. The van der Waals surface area contributed by atoms with Crippen molar-refractivity contribution in [1.29, 1.82) is 0 Å². The van der Waals surface area contributed by atoms with E-state index in [-0.39, 0.29) is 0 Å². The quantitative estimate of drug-likeness (QED) is 0.803. The predicted octanol–water partition coefficient (Wildman–Crippen LogP) is 1.40. The second kappa shape index (κ2) is 6.17. The zero-order chi connectivity index (χ0) is 12.3. The number of piperidine rings is 1. The maximum atomic E-state index is 3.53. The zero-order valence-electron chi connectivity index (χ0n) is 11.8. The number of hydrogen-bond donors (Lipinski definition) is 1. The van der Waals surface area contributed by atoms with Crippen molar-refractivity contribution in [2.75, 3.05) is 39.3 Å². The van der Waals surface area contributed by atoms with Gasteiger partial charge in [-0.05, 0) is 52.6 Å². The van der Waals surface area contributed by atoms with E-state index in [2.05, 4.69) is 35.9 Å². The molecule has 0 aliphatic carbocycles. The lowest BCUT2D eigenvalue weighted by Crippen LogP contribution is -2.55. The SMILES string of the molecule is CC(C)N1CCN(CC2CCCNC2)CC1C. The Morgan fingerprint density at radius 1 is 1.29 bits per heavy atom. The minimum absolute atomic E-state index is 0.698. The van der Waals surface area contributed by atoms with Crippen molar-refractivity contribution in [2.24, 2.45) is 5.92 Å². The molecule has 2 atom stereocenters. The summed E-state index contributed by atoms with van der Waals surface area (Å²) < 4.78 is 0. The first kappa shape index (κ1) is 13.3. The normalized spacial score (nSPS) is 33.2. The molecule has 0 aromatic heterocycles. The molecule has 100 valence electrons. The van der Waals surface area contributed by atoms with Crippen LogP contribution in [-0.4, -0.2) is 61.2 Å². The van der Waals surface area contributed by atoms with Gasteiger partial charge in [0.1, 0.15) is 0 Å². The highest BCUT2D eigenvalue weighted by atomic mass is 15.3. The van der Waals surface area contributed by atoms with Crippen LogP contribution in [0.2, 0.25) is 0 Å². The summed E-state index contributed by atoms with van der Waals surface area (Å²) in [6, 6.07) is 1.42. The average molecular weight is 239 g/mol. The van der Waals surface area contributed by atoms with E-state index >= 15 is 0 Å². The minimum atomic E-state index is 0.698. The van der Waals surface area contributed by atoms with Crippen molar-refractivity contribution < 1.29 is 0 Å². The zero-order valence-corrected chi connectivity index (χ0v) is 11.8. The van der Waals surface area contributed by atoms with Crippen LogP contribution in [-0.2, 0) is 0 Å². The smallest absolute Gasteiger partial charge is 0.0198 e. The third kappa shape index (κ3) is 3.67. The molecule has 3 nitrogen and oxygen atoms in total. The molecule has 2 aliphatic heterocycles. The first-order chi connectivity index (χ1) is 8.16. The summed E-state index contributed by atoms with van der Waals surface area (Å²) >= 11 is 0. The summed E-state index contributed by atoms with van der Waals surface area (Å²) in [5.41, 5.74) is 0. The van der Waals surface area contributed by atoms with Crippen LogP contribution in [0.4, 0.5) is 0 Å². The molecule has 0 amide bonds. The van der Waals surface area contributed by atoms with Gasteiger partial charge in [0.15, 0.2) is 0 Å². The Morgan fingerprint density at radius 2 is 2.12 bits per heavy atom. The van der Waals surface area contributed by atoms with Crippen LogP contribution in [0.3, 0.4) is 0 Å².